The van der Waals surface area contributed by atoms with Crippen molar-refractivity contribution in [2.75, 3.05) is 16.4 Å². The first-order valence-corrected chi connectivity index (χ1v) is 9.72. The van der Waals surface area contributed by atoms with Crippen LogP contribution >= 0.6 is 11.8 Å². The van der Waals surface area contributed by atoms with E-state index in [1.165, 1.54) is 11.8 Å². The molecule has 6 nitrogen and oxygen atoms in total. The quantitative estimate of drug-likeness (QED) is 0.639. The summed E-state index contributed by atoms with van der Waals surface area (Å²) < 4.78 is 0. The van der Waals surface area contributed by atoms with E-state index in [9.17, 15) is 9.59 Å². The van der Waals surface area contributed by atoms with E-state index in [0.717, 1.165) is 29.3 Å². The van der Waals surface area contributed by atoms with Crippen molar-refractivity contribution in [3.05, 3.63) is 54.6 Å². The van der Waals surface area contributed by atoms with E-state index in [0.29, 0.717) is 10.8 Å². The molecule has 1 fully saturated rings. The lowest BCUT2D eigenvalue weighted by Gasteiger charge is -2.08. The maximum atomic E-state index is 12.3. The summed E-state index contributed by atoms with van der Waals surface area (Å²) in [6.07, 6.45) is 1.89. The van der Waals surface area contributed by atoms with E-state index in [1.54, 1.807) is 12.1 Å². The van der Waals surface area contributed by atoms with Crippen molar-refractivity contribution in [3.8, 4) is 0 Å². The Hall–Kier alpha value is -2.93. The van der Waals surface area contributed by atoms with Crippen molar-refractivity contribution in [3.63, 3.8) is 0 Å². The van der Waals surface area contributed by atoms with Crippen LogP contribution in [0, 0.1) is 5.92 Å². The first-order chi connectivity index (χ1) is 13.2. The van der Waals surface area contributed by atoms with E-state index < -0.39 is 0 Å². The molecule has 3 aromatic rings. The predicted octanol–water partition coefficient (Wildman–Crippen LogP) is 3.71. The summed E-state index contributed by atoms with van der Waals surface area (Å²) in [6.45, 7) is 0. The lowest BCUT2D eigenvalue weighted by Crippen LogP contribution is -2.15. The second-order valence-corrected chi connectivity index (χ2v) is 7.38. The summed E-state index contributed by atoms with van der Waals surface area (Å²) in [6, 6.07) is 17.2. The molecule has 0 aliphatic heterocycles. The molecule has 1 aliphatic carbocycles. The van der Waals surface area contributed by atoms with Crippen LogP contribution in [0.3, 0.4) is 0 Å². The van der Waals surface area contributed by atoms with Crippen LogP contribution in [0.15, 0.2) is 59.6 Å². The normalized spacial score (nSPS) is 13.3. The number of nitrogens with zero attached hydrogens (tertiary/aromatic N) is 2. The Kier molecular flexibility index (Phi) is 5.02. The van der Waals surface area contributed by atoms with E-state index in [-0.39, 0.29) is 23.5 Å². The van der Waals surface area contributed by atoms with Gasteiger partial charge in [-0.3, -0.25) is 9.59 Å². The molecule has 0 atom stereocenters. The van der Waals surface area contributed by atoms with Gasteiger partial charge in [0.25, 0.3) is 0 Å². The van der Waals surface area contributed by atoms with Gasteiger partial charge in [0.1, 0.15) is 5.03 Å². The first kappa shape index (κ1) is 17.5. The molecule has 2 aromatic carbocycles. The summed E-state index contributed by atoms with van der Waals surface area (Å²) in [5.74, 6) is 0.685. The number of hydrogen-bond donors (Lipinski definition) is 2. The van der Waals surface area contributed by atoms with Crippen LogP contribution in [-0.2, 0) is 9.59 Å². The largest absolute Gasteiger partial charge is 0.325 e. The molecule has 0 bridgehead atoms. The van der Waals surface area contributed by atoms with Gasteiger partial charge in [0.15, 0.2) is 5.82 Å². The molecule has 1 saturated carbocycles. The van der Waals surface area contributed by atoms with Crippen LogP contribution in [0.25, 0.3) is 10.8 Å². The van der Waals surface area contributed by atoms with Gasteiger partial charge < -0.3 is 10.6 Å². The second-order valence-electron chi connectivity index (χ2n) is 6.38. The maximum absolute atomic E-state index is 12.3. The van der Waals surface area contributed by atoms with Gasteiger partial charge in [0, 0.05) is 17.0 Å². The van der Waals surface area contributed by atoms with Gasteiger partial charge in [-0.05, 0) is 36.4 Å². The third-order valence-corrected chi connectivity index (χ3v) is 5.17. The number of carbonyl (C=O) groups excluding carboxylic acids is 2. The summed E-state index contributed by atoms with van der Waals surface area (Å²) in [7, 11) is 0. The number of aromatic nitrogens is 2. The van der Waals surface area contributed by atoms with Crippen LogP contribution in [0.2, 0.25) is 0 Å². The number of nitrogens with one attached hydrogen (secondary N) is 2. The molecule has 4 rings (SSSR count). The van der Waals surface area contributed by atoms with Gasteiger partial charge in [-0.25, -0.2) is 0 Å². The minimum absolute atomic E-state index is 0.000770. The van der Waals surface area contributed by atoms with Crippen molar-refractivity contribution in [2.24, 2.45) is 5.92 Å². The van der Waals surface area contributed by atoms with Crippen LogP contribution in [0.4, 0.5) is 11.5 Å². The summed E-state index contributed by atoms with van der Waals surface area (Å²) in [5, 5.41) is 16.5. The van der Waals surface area contributed by atoms with Crippen LogP contribution in [0.5, 0.6) is 0 Å². The zero-order valence-corrected chi connectivity index (χ0v) is 15.3. The molecule has 0 unspecified atom stereocenters. The lowest BCUT2D eigenvalue weighted by atomic mass is 10.1. The number of rotatable bonds is 6. The maximum Gasteiger partial charge on any atom is 0.234 e. The molecule has 2 N–H and O–H groups in total. The number of hydrogen-bond acceptors (Lipinski definition) is 5. The minimum Gasteiger partial charge on any atom is -0.325 e. The second kappa shape index (κ2) is 7.75. The van der Waals surface area contributed by atoms with Gasteiger partial charge in [-0.1, -0.05) is 48.2 Å². The van der Waals surface area contributed by atoms with Crippen LogP contribution in [-0.4, -0.2) is 27.8 Å². The number of anilines is 2. The Bertz CT molecular complexity index is 981. The van der Waals surface area contributed by atoms with Crippen molar-refractivity contribution in [1.82, 2.24) is 10.2 Å². The summed E-state index contributed by atoms with van der Waals surface area (Å²) in [4.78, 5) is 24.0. The fraction of sp³-hybridized carbons (Fsp3) is 0.200. The molecule has 1 aromatic heterocycles. The third kappa shape index (κ3) is 4.43. The zero-order chi connectivity index (χ0) is 18.6. The predicted molar refractivity (Wildman–Crippen MR) is 107 cm³/mol. The Morgan fingerprint density at radius 1 is 0.963 bits per heavy atom. The van der Waals surface area contributed by atoms with E-state index in [1.807, 2.05) is 42.5 Å². The Morgan fingerprint density at radius 3 is 2.56 bits per heavy atom. The highest BCUT2D eigenvalue weighted by Gasteiger charge is 2.29. The molecule has 1 aliphatic rings. The summed E-state index contributed by atoms with van der Waals surface area (Å²) in [5.41, 5.74) is 0.794. The first-order valence-electron chi connectivity index (χ1n) is 8.74. The molecule has 0 spiro atoms. The average molecular weight is 378 g/mol. The molecule has 1 heterocycles. The zero-order valence-electron chi connectivity index (χ0n) is 14.5. The monoisotopic (exact) mass is 378 g/mol. The number of thioether (sulfide) groups is 1. The highest BCUT2D eigenvalue weighted by Crippen LogP contribution is 2.30. The molecular weight excluding hydrogens is 360 g/mol. The lowest BCUT2D eigenvalue weighted by molar-refractivity contribution is -0.117. The standard InChI is InChI=1S/C20H18N4O2S/c25-18(21-16-7-3-5-13-4-1-2-6-15(13)16)12-27-19-11-10-17(23-24-19)22-20(26)14-8-9-14/h1-7,10-11,14H,8-9,12H2,(H,21,25)(H,22,23,26). The molecule has 136 valence electrons. The van der Waals surface area contributed by atoms with Gasteiger partial charge in [-0.2, -0.15) is 0 Å². The number of benzene rings is 2. The smallest absolute Gasteiger partial charge is 0.234 e. The van der Waals surface area contributed by atoms with Gasteiger partial charge in [0.05, 0.1) is 5.75 Å². The van der Waals surface area contributed by atoms with Gasteiger partial charge in [-0.15, -0.1) is 10.2 Å². The third-order valence-electron chi connectivity index (χ3n) is 4.25. The minimum atomic E-state index is -0.107. The van der Waals surface area contributed by atoms with Crippen molar-refractivity contribution in [1.29, 1.82) is 0 Å². The molecular formula is C20H18N4O2S. The summed E-state index contributed by atoms with van der Waals surface area (Å²) >= 11 is 1.30. The molecule has 2 amide bonds. The number of carbonyl (C=O) groups is 2. The molecule has 0 saturated heterocycles. The highest BCUT2D eigenvalue weighted by atomic mass is 32.2. The van der Waals surface area contributed by atoms with Gasteiger partial charge in [0.2, 0.25) is 11.8 Å². The Balaban J connectivity index is 1.32. The van der Waals surface area contributed by atoms with Crippen LogP contribution < -0.4 is 10.6 Å². The SMILES string of the molecule is O=C(CSc1ccc(NC(=O)C2CC2)nn1)Nc1cccc2ccccc12. The van der Waals surface area contributed by atoms with E-state index in [2.05, 4.69) is 20.8 Å². The van der Waals surface area contributed by atoms with Crippen molar-refractivity contribution in [2.45, 2.75) is 17.9 Å². The van der Waals surface area contributed by atoms with E-state index in [4.69, 9.17) is 0 Å². The fourth-order valence-corrected chi connectivity index (χ4v) is 3.31. The number of fused-ring (bicyclic) bond motifs is 1. The fourth-order valence-electron chi connectivity index (χ4n) is 2.70. The highest BCUT2D eigenvalue weighted by molar-refractivity contribution is 7.99. The van der Waals surface area contributed by atoms with Crippen molar-refractivity contribution >= 4 is 45.9 Å². The van der Waals surface area contributed by atoms with Crippen molar-refractivity contribution < 1.29 is 9.59 Å². The molecule has 27 heavy (non-hydrogen) atoms. The topological polar surface area (TPSA) is 84.0 Å². The Labute approximate surface area is 160 Å². The van der Waals surface area contributed by atoms with Crippen LogP contribution in [0.1, 0.15) is 12.8 Å². The molecule has 0 radical (unpaired) electrons. The van der Waals surface area contributed by atoms with E-state index >= 15 is 0 Å². The Morgan fingerprint density at radius 2 is 1.78 bits per heavy atom. The van der Waals surface area contributed by atoms with Gasteiger partial charge >= 0.3 is 0 Å². The average Bonchev–Trinajstić information content (AvgIpc) is 3.53. The number of amides is 2. The molecule has 7 heteroatoms.